The Morgan fingerprint density at radius 1 is 0.304 bits per heavy atom. The summed E-state index contributed by atoms with van der Waals surface area (Å²) in [5.74, 6) is 1.56. The third-order valence-corrected chi connectivity index (χ3v) is 11.1. The zero-order chi connectivity index (χ0) is 41.3. The Hall–Kier alpha value is -1.59. The molecule has 0 aromatic carbocycles. The molecule has 6 heteroatoms. The maximum absolute atomic E-state index is 12.7. The van der Waals surface area contributed by atoms with Gasteiger partial charge in [0.05, 0.1) is 0 Å². The zero-order valence-corrected chi connectivity index (χ0v) is 38.4. The summed E-state index contributed by atoms with van der Waals surface area (Å²) in [5, 5.41) is 0. The van der Waals surface area contributed by atoms with Crippen molar-refractivity contribution in [1.82, 2.24) is 0 Å². The fraction of sp³-hybridized carbons (Fsp3) is 0.940. The summed E-state index contributed by atoms with van der Waals surface area (Å²) < 4.78 is 16.7. The van der Waals surface area contributed by atoms with Crippen LogP contribution in [-0.2, 0) is 28.6 Å². The van der Waals surface area contributed by atoms with Gasteiger partial charge in [-0.15, -0.1) is 0 Å². The normalized spacial score (nSPS) is 12.2. The smallest absolute Gasteiger partial charge is 0.306 e. The Labute approximate surface area is 348 Å². The van der Waals surface area contributed by atoms with Crippen molar-refractivity contribution < 1.29 is 28.6 Å². The van der Waals surface area contributed by atoms with Gasteiger partial charge in [-0.2, -0.15) is 0 Å². The highest BCUT2D eigenvalue weighted by atomic mass is 16.6. The SMILES string of the molecule is CC(C)CCCCCCCCCCCCCCCCC(=O)OC[C@H](COC(=O)CCCCCCCCCC(C)C)OC(=O)CCCCCCCCCCC(C)C. The molecule has 0 spiro atoms. The minimum atomic E-state index is -0.762. The van der Waals surface area contributed by atoms with Gasteiger partial charge in [0, 0.05) is 19.3 Å². The lowest BCUT2D eigenvalue weighted by atomic mass is 10.0. The Morgan fingerprint density at radius 3 is 0.768 bits per heavy atom. The van der Waals surface area contributed by atoms with Crippen molar-refractivity contribution in [2.24, 2.45) is 17.8 Å². The highest BCUT2D eigenvalue weighted by molar-refractivity contribution is 5.71. The molecule has 0 fully saturated rings. The summed E-state index contributed by atoms with van der Waals surface area (Å²) in [7, 11) is 0. The van der Waals surface area contributed by atoms with Crippen LogP contribution in [0.15, 0.2) is 0 Å². The summed E-state index contributed by atoms with van der Waals surface area (Å²) in [6, 6.07) is 0. The number of carbonyl (C=O) groups is 3. The fourth-order valence-corrected chi connectivity index (χ4v) is 7.41. The van der Waals surface area contributed by atoms with Crippen LogP contribution in [0.25, 0.3) is 0 Å². The van der Waals surface area contributed by atoms with Gasteiger partial charge in [0.2, 0.25) is 0 Å². The van der Waals surface area contributed by atoms with Gasteiger partial charge in [-0.1, -0.05) is 228 Å². The van der Waals surface area contributed by atoms with Gasteiger partial charge in [0.25, 0.3) is 0 Å². The second-order valence-electron chi connectivity index (χ2n) is 18.5. The van der Waals surface area contributed by atoms with Crippen LogP contribution >= 0.6 is 0 Å². The van der Waals surface area contributed by atoms with E-state index in [1.165, 1.54) is 148 Å². The number of hydrogen-bond donors (Lipinski definition) is 0. The standard InChI is InChI=1S/C50H96O6/c1-44(2)36-30-24-18-13-11-9-7-8-10-12-14-21-27-33-39-48(51)54-42-47(43-55-49(52)40-34-28-23-17-20-26-32-38-46(5)6)56-50(53)41-35-29-22-16-15-19-25-31-37-45(3)4/h44-47H,7-43H2,1-6H3/t47-/m1/s1. The quantitative estimate of drug-likeness (QED) is 0.0348. The van der Waals surface area contributed by atoms with Crippen molar-refractivity contribution in [1.29, 1.82) is 0 Å². The van der Waals surface area contributed by atoms with Crippen LogP contribution in [0.5, 0.6) is 0 Å². The predicted molar refractivity (Wildman–Crippen MR) is 238 cm³/mol. The van der Waals surface area contributed by atoms with Crippen molar-refractivity contribution in [3.05, 3.63) is 0 Å². The number of ether oxygens (including phenoxy) is 3. The van der Waals surface area contributed by atoms with Crippen molar-refractivity contribution in [2.45, 2.75) is 272 Å². The molecule has 0 heterocycles. The van der Waals surface area contributed by atoms with Crippen molar-refractivity contribution in [3.63, 3.8) is 0 Å². The van der Waals surface area contributed by atoms with Crippen LogP contribution in [0.4, 0.5) is 0 Å². The van der Waals surface area contributed by atoms with Crippen LogP contribution in [0.2, 0.25) is 0 Å². The molecule has 0 rings (SSSR count). The Kier molecular flexibility index (Phi) is 40.4. The van der Waals surface area contributed by atoms with Gasteiger partial charge in [-0.3, -0.25) is 14.4 Å². The number of carbonyl (C=O) groups excluding carboxylic acids is 3. The molecule has 0 saturated heterocycles. The molecular formula is C50H96O6. The summed E-state index contributed by atoms with van der Waals surface area (Å²) in [6.07, 6.45) is 39.6. The molecule has 1 atom stereocenters. The van der Waals surface area contributed by atoms with Gasteiger partial charge >= 0.3 is 17.9 Å². The Balaban J connectivity index is 4.27. The lowest BCUT2D eigenvalue weighted by molar-refractivity contribution is -0.167. The number of unbranched alkanes of at least 4 members (excludes halogenated alkanes) is 26. The number of esters is 3. The maximum atomic E-state index is 12.7. The molecule has 0 unspecified atom stereocenters. The molecule has 56 heavy (non-hydrogen) atoms. The summed E-state index contributed by atoms with van der Waals surface area (Å²) in [5.41, 5.74) is 0. The number of hydrogen-bond acceptors (Lipinski definition) is 6. The van der Waals surface area contributed by atoms with Gasteiger partial charge in [0.1, 0.15) is 13.2 Å². The molecular weight excluding hydrogens is 697 g/mol. The summed E-state index contributed by atoms with van der Waals surface area (Å²) in [6.45, 7) is 13.6. The lowest BCUT2D eigenvalue weighted by Crippen LogP contribution is -2.30. The lowest BCUT2D eigenvalue weighted by Gasteiger charge is -2.18. The van der Waals surface area contributed by atoms with E-state index in [-0.39, 0.29) is 31.1 Å². The highest BCUT2D eigenvalue weighted by Gasteiger charge is 2.19. The minimum Gasteiger partial charge on any atom is -0.462 e. The van der Waals surface area contributed by atoms with E-state index in [9.17, 15) is 14.4 Å². The van der Waals surface area contributed by atoms with Crippen LogP contribution in [-0.4, -0.2) is 37.2 Å². The van der Waals surface area contributed by atoms with Gasteiger partial charge in [-0.05, 0) is 37.0 Å². The first-order valence-electron chi connectivity index (χ1n) is 24.6. The van der Waals surface area contributed by atoms with Crippen LogP contribution in [0.1, 0.15) is 266 Å². The van der Waals surface area contributed by atoms with E-state index in [0.717, 1.165) is 75.5 Å². The van der Waals surface area contributed by atoms with Crippen LogP contribution in [0, 0.1) is 17.8 Å². The van der Waals surface area contributed by atoms with E-state index in [1.807, 2.05) is 0 Å². The molecule has 0 N–H and O–H groups in total. The molecule has 6 nitrogen and oxygen atoms in total. The first-order chi connectivity index (χ1) is 27.1. The molecule has 0 radical (unpaired) electrons. The molecule has 0 bridgehead atoms. The van der Waals surface area contributed by atoms with Gasteiger partial charge in [-0.25, -0.2) is 0 Å². The Bertz CT molecular complexity index is 868. The second kappa shape index (κ2) is 41.6. The third-order valence-electron chi connectivity index (χ3n) is 11.1. The first-order valence-corrected chi connectivity index (χ1v) is 24.6. The topological polar surface area (TPSA) is 78.9 Å². The van der Waals surface area contributed by atoms with E-state index in [0.29, 0.717) is 19.3 Å². The average molecular weight is 793 g/mol. The summed E-state index contributed by atoms with van der Waals surface area (Å²) >= 11 is 0. The van der Waals surface area contributed by atoms with Crippen LogP contribution < -0.4 is 0 Å². The van der Waals surface area contributed by atoms with E-state index in [1.54, 1.807) is 0 Å². The monoisotopic (exact) mass is 793 g/mol. The highest BCUT2D eigenvalue weighted by Crippen LogP contribution is 2.17. The van der Waals surface area contributed by atoms with Crippen molar-refractivity contribution in [3.8, 4) is 0 Å². The molecule has 0 saturated carbocycles. The molecule has 0 aliphatic rings. The molecule has 0 aliphatic carbocycles. The van der Waals surface area contributed by atoms with Crippen LogP contribution in [0.3, 0.4) is 0 Å². The molecule has 0 aromatic rings. The second-order valence-corrected chi connectivity index (χ2v) is 18.5. The fourth-order valence-electron chi connectivity index (χ4n) is 7.41. The first kappa shape index (κ1) is 54.4. The largest absolute Gasteiger partial charge is 0.462 e. The molecule has 0 aromatic heterocycles. The third kappa shape index (κ3) is 43.5. The predicted octanol–water partition coefficient (Wildman–Crippen LogP) is 15.6. The van der Waals surface area contributed by atoms with E-state index in [2.05, 4.69) is 41.5 Å². The van der Waals surface area contributed by atoms with Gasteiger partial charge in [0.15, 0.2) is 6.10 Å². The zero-order valence-electron chi connectivity index (χ0n) is 38.4. The van der Waals surface area contributed by atoms with Crippen molar-refractivity contribution in [2.75, 3.05) is 13.2 Å². The minimum absolute atomic E-state index is 0.0659. The maximum Gasteiger partial charge on any atom is 0.306 e. The molecule has 0 aliphatic heterocycles. The number of rotatable bonds is 43. The van der Waals surface area contributed by atoms with Gasteiger partial charge < -0.3 is 14.2 Å². The molecule has 332 valence electrons. The van der Waals surface area contributed by atoms with E-state index >= 15 is 0 Å². The van der Waals surface area contributed by atoms with Crippen molar-refractivity contribution >= 4 is 17.9 Å². The summed E-state index contributed by atoms with van der Waals surface area (Å²) in [4.78, 5) is 37.8. The molecule has 0 amide bonds. The van der Waals surface area contributed by atoms with E-state index in [4.69, 9.17) is 14.2 Å². The van der Waals surface area contributed by atoms with E-state index < -0.39 is 6.10 Å². The average Bonchev–Trinajstić information content (AvgIpc) is 3.15. The Morgan fingerprint density at radius 2 is 0.518 bits per heavy atom.